The summed E-state index contributed by atoms with van der Waals surface area (Å²) in [6.45, 7) is 0. The summed E-state index contributed by atoms with van der Waals surface area (Å²) in [6.07, 6.45) is -2.38. The van der Waals surface area contributed by atoms with Gasteiger partial charge >= 0.3 is 6.18 Å². The van der Waals surface area contributed by atoms with Gasteiger partial charge in [-0.25, -0.2) is 9.97 Å². The molecule has 0 aliphatic carbocycles. The number of aromatic amines is 1. The van der Waals surface area contributed by atoms with Crippen molar-refractivity contribution in [2.75, 3.05) is 5.73 Å². The Labute approximate surface area is 109 Å². The van der Waals surface area contributed by atoms with Crippen LogP contribution in [-0.2, 0) is 6.18 Å². The first-order valence-electron chi connectivity index (χ1n) is 4.92. The zero-order valence-electron chi connectivity index (χ0n) is 9.23. The van der Waals surface area contributed by atoms with Crippen LogP contribution in [0.5, 0.6) is 0 Å². The summed E-state index contributed by atoms with van der Waals surface area (Å²) in [4.78, 5) is 20.6. The number of pyridine rings is 1. The first-order valence-corrected chi connectivity index (χ1v) is 5.74. The van der Waals surface area contributed by atoms with Gasteiger partial charge in [-0.05, 0) is 17.8 Å². The fourth-order valence-electron chi connectivity index (χ4n) is 1.20. The maximum atomic E-state index is 12.5. The summed E-state index contributed by atoms with van der Waals surface area (Å²) in [5, 5.41) is 0.151. The average molecular weight is 288 g/mol. The van der Waals surface area contributed by atoms with Crippen molar-refractivity contribution in [3.05, 3.63) is 40.6 Å². The molecular formula is C10H7F3N4OS. The summed E-state index contributed by atoms with van der Waals surface area (Å²) in [5.41, 5.74) is 4.17. The molecule has 5 nitrogen and oxygen atoms in total. The van der Waals surface area contributed by atoms with E-state index >= 15 is 0 Å². The molecule has 0 saturated heterocycles. The van der Waals surface area contributed by atoms with Crippen LogP contribution in [0.4, 0.5) is 18.9 Å². The monoisotopic (exact) mass is 288 g/mol. The van der Waals surface area contributed by atoms with E-state index < -0.39 is 17.4 Å². The van der Waals surface area contributed by atoms with Crippen molar-refractivity contribution < 1.29 is 13.2 Å². The lowest BCUT2D eigenvalue weighted by Crippen LogP contribution is -2.09. The van der Waals surface area contributed by atoms with E-state index in [1.807, 2.05) is 0 Å². The highest BCUT2D eigenvalue weighted by molar-refractivity contribution is 7.99. The minimum Gasteiger partial charge on any atom is -0.397 e. The minimum atomic E-state index is -4.56. The van der Waals surface area contributed by atoms with E-state index in [4.69, 9.17) is 5.73 Å². The second kappa shape index (κ2) is 4.92. The smallest absolute Gasteiger partial charge is 0.397 e. The second-order valence-corrected chi connectivity index (χ2v) is 4.48. The number of aromatic nitrogens is 3. The van der Waals surface area contributed by atoms with Crippen LogP contribution in [0.3, 0.4) is 0 Å². The molecular weight excluding hydrogens is 281 g/mol. The van der Waals surface area contributed by atoms with Crippen molar-refractivity contribution in [1.29, 1.82) is 0 Å². The van der Waals surface area contributed by atoms with Crippen LogP contribution in [0, 0.1) is 0 Å². The van der Waals surface area contributed by atoms with Crippen molar-refractivity contribution in [1.82, 2.24) is 15.0 Å². The van der Waals surface area contributed by atoms with Crippen molar-refractivity contribution in [2.24, 2.45) is 0 Å². The topological polar surface area (TPSA) is 84.7 Å². The Morgan fingerprint density at radius 2 is 2.05 bits per heavy atom. The van der Waals surface area contributed by atoms with Gasteiger partial charge in [-0.3, -0.25) is 4.79 Å². The molecule has 0 amide bonds. The third kappa shape index (κ3) is 3.25. The summed E-state index contributed by atoms with van der Waals surface area (Å²) in [6, 6.07) is 2.01. The molecule has 100 valence electrons. The zero-order valence-corrected chi connectivity index (χ0v) is 10.0. The van der Waals surface area contributed by atoms with Crippen LogP contribution < -0.4 is 11.3 Å². The van der Waals surface area contributed by atoms with Gasteiger partial charge < -0.3 is 10.7 Å². The molecule has 0 spiro atoms. The maximum absolute atomic E-state index is 12.5. The maximum Gasteiger partial charge on any atom is 0.433 e. The molecule has 0 radical (unpaired) electrons. The molecule has 2 rings (SSSR count). The molecule has 0 unspecified atom stereocenters. The first-order chi connectivity index (χ1) is 8.86. The van der Waals surface area contributed by atoms with Crippen LogP contribution >= 0.6 is 11.8 Å². The Balaban J connectivity index is 2.37. The van der Waals surface area contributed by atoms with Crippen LogP contribution in [0.25, 0.3) is 0 Å². The van der Waals surface area contributed by atoms with Gasteiger partial charge in [0.1, 0.15) is 5.69 Å². The predicted octanol–water partition coefficient (Wildman–Crippen LogP) is 1.92. The second-order valence-electron chi connectivity index (χ2n) is 3.45. The van der Waals surface area contributed by atoms with Crippen LogP contribution in [0.2, 0.25) is 0 Å². The number of rotatable bonds is 2. The van der Waals surface area contributed by atoms with Gasteiger partial charge in [-0.1, -0.05) is 0 Å². The fourth-order valence-corrected chi connectivity index (χ4v) is 2.01. The molecule has 2 heterocycles. The Morgan fingerprint density at radius 3 is 2.68 bits per heavy atom. The normalized spacial score (nSPS) is 11.5. The Morgan fingerprint density at radius 1 is 1.32 bits per heavy atom. The zero-order chi connectivity index (χ0) is 14.0. The average Bonchev–Trinajstić information content (AvgIpc) is 2.30. The lowest BCUT2D eigenvalue weighted by atomic mass is 10.3. The minimum absolute atomic E-state index is 0.0736. The summed E-state index contributed by atoms with van der Waals surface area (Å²) < 4.78 is 37.5. The SMILES string of the molecule is Nc1cnc(C(F)(F)F)cc1Sc1nccc(=O)[nH]1. The third-order valence-electron chi connectivity index (χ3n) is 2.04. The number of hydrogen-bond donors (Lipinski definition) is 2. The van der Waals surface area contributed by atoms with Gasteiger partial charge in [-0.2, -0.15) is 13.2 Å². The van der Waals surface area contributed by atoms with Crippen LogP contribution in [0.15, 0.2) is 39.4 Å². The molecule has 0 saturated carbocycles. The highest BCUT2D eigenvalue weighted by atomic mass is 32.2. The molecule has 0 bridgehead atoms. The fraction of sp³-hybridized carbons (Fsp3) is 0.100. The van der Waals surface area contributed by atoms with Crippen molar-refractivity contribution in [3.63, 3.8) is 0 Å². The van der Waals surface area contributed by atoms with E-state index in [1.165, 1.54) is 12.3 Å². The quantitative estimate of drug-likeness (QED) is 0.825. The molecule has 9 heteroatoms. The summed E-state index contributed by atoms with van der Waals surface area (Å²) in [5.74, 6) is 0. The van der Waals surface area contributed by atoms with E-state index in [2.05, 4.69) is 15.0 Å². The van der Waals surface area contributed by atoms with Crippen molar-refractivity contribution in [2.45, 2.75) is 16.2 Å². The van der Waals surface area contributed by atoms with Gasteiger partial charge in [0, 0.05) is 17.2 Å². The molecule has 19 heavy (non-hydrogen) atoms. The van der Waals surface area contributed by atoms with Crippen LogP contribution in [-0.4, -0.2) is 15.0 Å². The molecule has 0 atom stereocenters. The number of nitrogens with zero attached hydrogens (tertiary/aromatic N) is 2. The van der Waals surface area contributed by atoms with E-state index in [1.54, 1.807) is 0 Å². The van der Waals surface area contributed by atoms with E-state index in [0.717, 1.165) is 24.0 Å². The number of halogens is 3. The number of hydrogen-bond acceptors (Lipinski definition) is 5. The summed E-state index contributed by atoms with van der Waals surface area (Å²) >= 11 is 0.827. The lowest BCUT2D eigenvalue weighted by Gasteiger charge is -2.09. The molecule has 3 N–H and O–H groups in total. The largest absolute Gasteiger partial charge is 0.433 e. The Hall–Kier alpha value is -2.03. The number of anilines is 1. The van der Waals surface area contributed by atoms with Crippen molar-refractivity contribution in [3.8, 4) is 0 Å². The van der Waals surface area contributed by atoms with Gasteiger partial charge in [0.2, 0.25) is 0 Å². The van der Waals surface area contributed by atoms with E-state index in [-0.39, 0.29) is 15.7 Å². The van der Waals surface area contributed by atoms with Crippen molar-refractivity contribution >= 4 is 17.4 Å². The molecule has 0 aliphatic heterocycles. The standard InChI is InChI=1S/C10H7F3N4OS/c11-10(12,13)7-3-6(5(14)4-16-7)19-9-15-2-1-8(18)17-9/h1-4H,14H2,(H,15,17,18). The first kappa shape index (κ1) is 13.4. The van der Waals surface area contributed by atoms with E-state index in [0.29, 0.717) is 0 Å². The highest BCUT2D eigenvalue weighted by Crippen LogP contribution is 2.34. The molecule has 0 aromatic carbocycles. The third-order valence-corrected chi connectivity index (χ3v) is 3.01. The number of H-pyrrole nitrogens is 1. The molecule has 2 aromatic rings. The highest BCUT2D eigenvalue weighted by Gasteiger charge is 2.33. The Kier molecular flexibility index (Phi) is 3.47. The van der Waals surface area contributed by atoms with E-state index in [9.17, 15) is 18.0 Å². The van der Waals surface area contributed by atoms with Gasteiger partial charge in [0.15, 0.2) is 5.16 Å². The van der Waals surface area contributed by atoms with Gasteiger partial charge in [0.05, 0.1) is 11.9 Å². The van der Waals surface area contributed by atoms with Gasteiger partial charge in [0.25, 0.3) is 5.56 Å². The summed E-state index contributed by atoms with van der Waals surface area (Å²) in [7, 11) is 0. The molecule has 2 aromatic heterocycles. The Bertz CT molecular complexity index is 656. The lowest BCUT2D eigenvalue weighted by molar-refractivity contribution is -0.141. The number of nitrogens with one attached hydrogen (secondary N) is 1. The number of alkyl halides is 3. The number of nitrogen functional groups attached to an aromatic ring is 1. The number of nitrogens with two attached hydrogens (primary N) is 1. The molecule has 0 aliphatic rings. The van der Waals surface area contributed by atoms with Crippen LogP contribution in [0.1, 0.15) is 5.69 Å². The predicted molar refractivity (Wildman–Crippen MR) is 62.6 cm³/mol. The molecule has 0 fully saturated rings. The van der Waals surface area contributed by atoms with Gasteiger partial charge in [-0.15, -0.1) is 0 Å².